The second-order valence-corrected chi connectivity index (χ2v) is 6.62. The van der Waals surface area contributed by atoms with Crippen LogP contribution in [0.2, 0.25) is 0 Å². The lowest BCUT2D eigenvalue weighted by molar-refractivity contribution is 0.0981. The molecule has 0 saturated carbocycles. The first-order chi connectivity index (χ1) is 12.8. The number of rotatable bonds is 5. The molecule has 4 nitrogen and oxygen atoms in total. The molecule has 0 radical (unpaired) electrons. The fourth-order valence-electron chi connectivity index (χ4n) is 3.36. The van der Waals surface area contributed by atoms with Gasteiger partial charge in [-0.3, -0.25) is 4.79 Å². The van der Waals surface area contributed by atoms with Gasteiger partial charge in [0.05, 0.1) is 6.61 Å². The number of hydrogen-bond donors (Lipinski definition) is 0. The van der Waals surface area contributed by atoms with Gasteiger partial charge in [-0.1, -0.05) is 24.3 Å². The van der Waals surface area contributed by atoms with Crippen molar-refractivity contribution < 1.29 is 9.53 Å². The normalized spacial score (nSPS) is 16.5. The van der Waals surface area contributed by atoms with Crippen LogP contribution in [0.15, 0.2) is 79.1 Å². The van der Waals surface area contributed by atoms with E-state index < -0.39 is 0 Å². The van der Waals surface area contributed by atoms with Crippen molar-refractivity contribution in [1.82, 2.24) is 4.57 Å². The molecule has 3 aromatic rings. The average molecular weight is 346 g/mol. The molecule has 4 rings (SSSR count). The molecule has 0 unspecified atom stereocenters. The molecule has 1 aromatic heterocycles. The highest BCUT2D eigenvalue weighted by atomic mass is 16.5. The summed E-state index contributed by atoms with van der Waals surface area (Å²) in [7, 11) is 0. The lowest BCUT2D eigenvalue weighted by atomic mass is 10.1. The van der Waals surface area contributed by atoms with Crippen molar-refractivity contribution in [3.8, 4) is 5.69 Å². The average Bonchev–Trinajstić information content (AvgIpc) is 3.40. The molecule has 1 atom stereocenters. The monoisotopic (exact) mass is 346 g/mol. The predicted molar refractivity (Wildman–Crippen MR) is 103 cm³/mol. The molecule has 1 saturated heterocycles. The van der Waals surface area contributed by atoms with Crippen molar-refractivity contribution in [1.29, 1.82) is 0 Å². The van der Waals surface area contributed by atoms with Gasteiger partial charge >= 0.3 is 0 Å². The van der Waals surface area contributed by atoms with Crippen LogP contribution >= 0.6 is 0 Å². The van der Waals surface area contributed by atoms with Crippen LogP contribution in [0.5, 0.6) is 0 Å². The lowest BCUT2D eigenvalue weighted by Crippen LogP contribution is -2.35. The van der Waals surface area contributed by atoms with E-state index in [0.717, 1.165) is 31.0 Å². The van der Waals surface area contributed by atoms with Crippen molar-refractivity contribution >= 4 is 11.6 Å². The van der Waals surface area contributed by atoms with E-state index in [1.807, 2.05) is 88.6 Å². The molecule has 2 aromatic carbocycles. The molecular formula is C22H22N2O2. The zero-order valence-electron chi connectivity index (χ0n) is 14.6. The highest BCUT2D eigenvalue weighted by Crippen LogP contribution is 2.23. The molecule has 1 fully saturated rings. The van der Waals surface area contributed by atoms with Crippen molar-refractivity contribution in [3.05, 3.63) is 84.7 Å². The Morgan fingerprint density at radius 2 is 1.85 bits per heavy atom. The Morgan fingerprint density at radius 3 is 2.58 bits per heavy atom. The summed E-state index contributed by atoms with van der Waals surface area (Å²) in [4.78, 5) is 15.2. The maximum Gasteiger partial charge on any atom is 0.258 e. The molecular weight excluding hydrogens is 324 g/mol. The Kier molecular flexibility index (Phi) is 4.84. The molecule has 1 aliphatic heterocycles. The fraction of sp³-hybridized carbons (Fsp3) is 0.227. The topological polar surface area (TPSA) is 34.5 Å². The van der Waals surface area contributed by atoms with Crippen LogP contribution in [0.3, 0.4) is 0 Å². The Morgan fingerprint density at radius 1 is 1.04 bits per heavy atom. The van der Waals surface area contributed by atoms with Crippen molar-refractivity contribution in [2.45, 2.75) is 6.42 Å². The van der Waals surface area contributed by atoms with Gasteiger partial charge < -0.3 is 14.2 Å². The summed E-state index contributed by atoms with van der Waals surface area (Å²) in [6.07, 6.45) is 4.96. The fourth-order valence-corrected chi connectivity index (χ4v) is 3.36. The summed E-state index contributed by atoms with van der Waals surface area (Å²) in [5, 5.41) is 0. The molecule has 0 N–H and O–H groups in total. The van der Waals surface area contributed by atoms with Gasteiger partial charge in [0.1, 0.15) is 0 Å². The van der Waals surface area contributed by atoms with E-state index in [1.165, 1.54) is 0 Å². The van der Waals surface area contributed by atoms with E-state index in [1.54, 1.807) is 0 Å². The van der Waals surface area contributed by atoms with Crippen LogP contribution in [-0.2, 0) is 4.74 Å². The van der Waals surface area contributed by atoms with Gasteiger partial charge in [0.25, 0.3) is 5.91 Å². The van der Waals surface area contributed by atoms with Gasteiger partial charge in [0, 0.05) is 48.4 Å². The van der Waals surface area contributed by atoms with E-state index in [2.05, 4.69) is 0 Å². The highest BCUT2D eigenvalue weighted by Gasteiger charge is 2.24. The van der Waals surface area contributed by atoms with Gasteiger partial charge in [-0.15, -0.1) is 0 Å². The predicted octanol–water partition coefficient (Wildman–Crippen LogP) is 4.16. The van der Waals surface area contributed by atoms with Gasteiger partial charge in [-0.05, 0) is 48.9 Å². The van der Waals surface area contributed by atoms with E-state index in [4.69, 9.17) is 4.74 Å². The number of amides is 1. The molecule has 0 bridgehead atoms. The van der Waals surface area contributed by atoms with Gasteiger partial charge in [-0.2, -0.15) is 0 Å². The van der Waals surface area contributed by atoms with Crippen LogP contribution < -0.4 is 4.90 Å². The number of aromatic nitrogens is 1. The number of hydrogen-bond acceptors (Lipinski definition) is 2. The molecule has 0 spiro atoms. The molecule has 2 heterocycles. The maximum absolute atomic E-state index is 13.3. The Hall–Kier alpha value is -2.85. The number of carbonyl (C=O) groups excluding carboxylic acids is 1. The third-order valence-electron chi connectivity index (χ3n) is 4.77. The third-order valence-corrected chi connectivity index (χ3v) is 4.77. The van der Waals surface area contributed by atoms with Gasteiger partial charge in [-0.25, -0.2) is 0 Å². The lowest BCUT2D eigenvalue weighted by Gasteiger charge is -2.25. The Bertz CT molecular complexity index is 853. The van der Waals surface area contributed by atoms with Crippen molar-refractivity contribution in [2.75, 3.05) is 24.7 Å². The molecule has 0 aliphatic carbocycles. The van der Waals surface area contributed by atoms with Crippen LogP contribution in [-0.4, -0.2) is 30.2 Å². The molecule has 132 valence electrons. The zero-order valence-corrected chi connectivity index (χ0v) is 14.6. The van der Waals surface area contributed by atoms with Crippen LogP contribution in [0.25, 0.3) is 5.69 Å². The first-order valence-electron chi connectivity index (χ1n) is 8.99. The van der Waals surface area contributed by atoms with E-state index in [9.17, 15) is 4.79 Å². The second-order valence-electron chi connectivity index (χ2n) is 6.62. The van der Waals surface area contributed by atoms with E-state index in [-0.39, 0.29) is 5.91 Å². The number of nitrogens with zero attached hydrogens (tertiary/aromatic N) is 2. The molecule has 1 amide bonds. The SMILES string of the molecule is O=C(c1cccc(-n2cccc2)c1)N(C[C@@H]1CCOC1)c1ccccc1. The number of anilines is 1. The maximum atomic E-state index is 13.3. The quantitative estimate of drug-likeness (QED) is 0.695. The molecule has 1 aliphatic rings. The number of benzene rings is 2. The molecule has 4 heteroatoms. The van der Waals surface area contributed by atoms with Crippen LogP contribution in [0, 0.1) is 5.92 Å². The number of para-hydroxylation sites is 1. The Balaban J connectivity index is 1.64. The summed E-state index contributed by atoms with van der Waals surface area (Å²) in [5.41, 5.74) is 2.60. The number of ether oxygens (including phenoxy) is 1. The van der Waals surface area contributed by atoms with E-state index >= 15 is 0 Å². The zero-order chi connectivity index (χ0) is 17.8. The first kappa shape index (κ1) is 16.6. The minimum absolute atomic E-state index is 0.0251. The first-order valence-corrected chi connectivity index (χ1v) is 8.99. The summed E-state index contributed by atoms with van der Waals surface area (Å²) in [6, 6.07) is 21.6. The van der Waals surface area contributed by atoms with E-state index in [0.29, 0.717) is 18.0 Å². The van der Waals surface area contributed by atoms with Gasteiger partial charge in [0.15, 0.2) is 0 Å². The standard InChI is InChI=1S/C22H22N2O2/c25-22(19-7-6-10-21(15-19)23-12-4-5-13-23)24(16-18-11-14-26-17-18)20-8-2-1-3-9-20/h1-10,12-13,15,18H,11,14,16-17H2/t18-/m0/s1. The Labute approximate surface area is 153 Å². The smallest absolute Gasteiger partial charge is 0.258 e. The summed E-state index contributed by atoms with van der Waals surface area (Å²) < 4.78 is 7.51. The minimum atomic E-state index is 0.0251. The third kappa shape index (κ3) is 3.55. The second kappa shape index (κ2) is 7.58. The highest BCUT2D eigenvalue weighted by molar-refractivity contribution is 6.06. The number of carbonyl (C=O) groups is 1. The largest absolute Gasteiger partial charge is 0.381 e. The minimum Gasteiger partial charge on any atom is -0.381 e. The molecule has 26 heavy (non-hydrogen) atoms. The van der Waals surface area contributed by atoms with Crippen LogP contribution in [0.4, 0.5) is 5.69 Å². The summed E-state index contributed by atoms with van der Waals surface area (Å²) in [6.45, 7) is 2.18. The van der Waals surface area contributed by atoms with Crippen molar-refractivity contribution in [3.63, 3.8) is 0 Å². The summed E-state index contributed by atoms with van der Waals surface area (Å²) >= 11 is 0. The van der Waals surface area contributed by atoms with Crippen molar-refractivity contribution in [2.24, 2.45) is 5.92 Å². The van der Waals surface area contributed by atoms with Crippen LogP contribution in [0.1, 0.15) is 16.8 Å². The summed E-state index contributed by atoms with van der Waals surface area (Å²) in [5.74, 6) is 0.406. The van der Waals surface area contributed by atoms with Gasteiger partial charge in [0.2, 0.25) is 0 Å².